The number of piperidine rings is 1. The number of rotatable bonds is 4. The van der Waals surface area contributed by atoms with E-state index in [1.165, 1.54) is 0 Å². The van der Waals surface area contributed by atoms with E-state index in [2.05, 4.69) is 10.4 Å². The molecule has 0 unspecified atom stereocenters. The van der Waals surface area contributed by atoms with Crippen molar-refractivity contribution in [3.05, 3.63) is 11.8 Å². The van der Waals surface area contributed by atoms with Crippen molar-refractivity contribution in [1.82, 2.24) is 14.7 Å². The van der Waals surface area contributed by atoms with Gasteiger partial charge in [0.15, 0.2) is 6.04 Å². The van der Waals surface area contributed by atoms with Gasteiger partial charge in [0, 0.05) is 37.5 Å². The van der Waals surface area contributed by atoms with E-state index < -0.39 is 12.2 Å². The molecule has 152 valence electrons. The van der Waals surface area contributed by atoms with Gasteiger partial charge in [0.1, 0.15) is 5.82 Å². The van der Waals surface area contributed by atoms with Gasteiger partial charge in [-0.1, -0.05) is 20.8 Å². The number of halogens is 3. The minimum Gasteiger partial charge on any atom is -0.367 e. The molecule has 2 atom stereocenters. The number of anilines is 1. The van der Waals surface area contributed by atoms with Gasteiger partial charge in [-0.3, -0.25) is 4.79 Å². The van der Waals surface area contributed by atoms with Crippen molar-refractivity contribution < 1.29 is 18.0 Å². The Kier molecular flexibility index (Phi) is 5.72. The molecule has 5 nitrogen and oxygen atoms in total. The van der Waals surface area contributed by atoms with Gasteiger partial charge in [0.25, 0.3) is 0 Å². The number of hydrogen-bond acceptors (Lipinski definition) is 3. The number of hydrogen-bond donors (Lipinski definition) is 1. The SMILES string of the molecule is CCCC(=O)N1CCC(c2cc3n(n2)[C@@H](C(F)(F)F)C[C@@H](C(C)C)N3)CC1. The highest BCUT2D eigenvalue weighted by atomic mass is 19.4. The molecule has 1 amide bonds. The molecule has 1 aromatic rings. The van der Waals surface area contributed by atoms with E-state index in [9.17, 15) is 18.0 Å². The maximum atomic E-state index is 13.6. The molecular formula is C19H29F3N4O. The lowest BCUT2D eigenvalue weighted by molar-refractivity contribution is -0.174. The van der Waals surface area contributed by atoms with E-state index in [4.69, 9.17) is 0 Å². The van der Waals surface area contributed by atoms with Crippen LogP contribution in [0.4, 0.5) is 19.0 Å². The number of likely N-dealkylation sites (tertiary alicyclic amines) is 1. The van der Waals surface area contributed by atoms with E-state index in [0.717, 1.165) is 23.9 Å². The summed E-state index contributed by atoms with van der Waals surface area (Å²) in [5, 5.41) is 7.59. The molecule has 2 aliphatic heterocycles. The van der Waals surface area contributed by atoms with E-state index in [1.807, 2.05) is 25.7 Å². The van der Waals surface area contributed by atoms with Crippen LogP contribution < -0.4 is 5.32 Å². The van der Waals surface area contributed by atoms with E-state index in [-0.39, 0.29) is 30.2 Å². The topological polar surface area (TPSA) is 50.2 Å². The maximum absolute atomic E-state index is 13.6. The summed E-state index contributed by atoms with van der Waals surface area (Å²) in [7, 11) is 0. The largest absolute Gasteiger partial charge is 0.410 e. The summed E-state index contributed by atoms with van der Waals surface area (Å²) in [5.74, 6) is 0.831. The van der Waals surface area contributed by atoms with Gasteiger partial charge in [-0.2, -0.15) is 18.3 Å². The second-order valence-electron chi connectivity index (χ2n) is 8.09. The van der Waals surface area contributed by atoms with Gasteiger partial charge in [-0.15, -0.1) is 0 Å². The van der Waals surface area contributed by atoms with Gasteiger partial charge in [-0.25, -0.2) is 4.68 Å². The molecule has 3 heterocycles. The number of amides is 1. The second-order valence-corrected chi connectivity index (χ2v) is 8.09. The van der Waals surface area contributed by atoms with Crippen LogP contribution in [0.5, 0.6) is 0 Å². The zero-order valence-corrected chi connectivity index (χ0v) is 16.2. The van der Waals surface area contributed by atoms with Gasteiger partial charge < -0.3 is 10.2 Å². The van der Waals surface area contributed by atoms with Crippen molar-refractivity contribution in [2.45, 2.75) is 77.1 Å². The highest BCUT2D eigenvalue weighted by Crippen LogP contribution is 2.42. The highest BCUT2D eigenvalue weighted by Gasteiger charge is 2.47. The fourth-order valence-electron chi connectivity index (χ4n) is 4.06. The number of alkyl halides is 3. The number of nitrogens with one attached hydrogen (secondary N) is 1. The van der Waals surface area contributed by atoms with Crippen LogP contribution in [0.2, 0.25) is 0 Å². The molecule has 3 rings (SSSR count). The first-order chi connectivity index (χ1) is 12.7. The first-order valence-electron chi connectivity index (χ1n) is 9.91. The monoisotopic (exact) mass is 386 g/mol. The summed E-state index contributed by atoms with van der Waals surface area (Å²) in [4.78, 5) is 13.9. The molecule has 0 radical (unpaired) electrons. The minimum atomic E-state index is -4.32. The molecule has 1 N–H and O–H groups in total. The van der Waals surface area contributed by atoms with Crippen LogP contribution in [0.25, 0.3) is 0 Å². The van der Waals surface area contributed by atoms with Crippen LogP contribution >= 0.6 is 0 Å². The summed E-state index contributed by atoms with van der Waals surface area (Å²) < 4.78 is 41.9. The summed E-state index contributed by atoms with van der Waals surface area (Å²) >= 11 is 0. The lowest BCUT2D eigenvalue weighted by Gasteiger charge is -2.35. The van der Waals surface area contributed by atoms with Crippen molar-refractivity contribution in [3.63, 3.8) is 0 Å². The van der Waals surface area contributed by atoms with Crippen LogP contribution in [0.3, 0.4) is 0 Å². The Morgan fingerprint density at radius 2 is 2.00 bits per heavy atom. The Labute approximate surface area is 158 Å². The molecular weight excluding hydrogens is 357 g/mol. The van der Waals surface area contributed by atoms with Crippen LogP contribution in [-0.2, 0) is 4.79 Å². The van der Waals surface area contributed by atoms with Crippen molar-refractivity contribution in [3.8, 4) is 0 Å². The van der Waals surface area contributed by atoms with Crippen LogP contribution in [0.1, 0.15) is 70.5 Å². The molecule has 27 heavy (non-hydrogen) atoms. The molecule has 0 saturated carbocycles. The highest BCUT2D eigenvalue weighted by molar-refractivity contribution is 5.76. The maximum Gasteiger partial charge on any atom is 0.410 e. The molecule has 1 fully saturated rings. The van der Waals surface area contributed by atoms with Crippen molar-refractivity contribution in [2.75, 3.05) is 18.4 Å². The number of nitrogens with zero attached hydrogens (tertiary/aromatic N) is 3. The summed E-state index contributed by atoms with van der Waals surface area (Å²) in [5.41, 5.74) is 0.707. The van der Waals surface area contributed by atoms with Crippen LogP contribution in [0, 0.1) is 5.92 Å². The Balaban J connectivity index is 1.76. The lowest BCUT2D eigenvalue weighted by atomic mass is 9.93. The zero-order valence-electron chi connectivity index (χ0n) is 16.2. The Bertz CT molecular complexity index is 662. The third-order valence-electron chi connectivity index (χ3n) is 5.77. The van der Waals surface area contributed by atoms with E-state index >= 15 is 0 Å². The number of aromatic nitrogens is 2. The molecule has 1 aromatic heterocycles. The second kappa shape index (κ2) is 7.72. The predicted molar refractivity (Wildman–Crippen MR) is 97.6 cm³/mol. The summed E-state index contributed by atoms with van der Waals surface area (Å²) in [6.45, 7) is 7.14. The fourth-order valence-corrected chi connectivity index (χ4v) is 4.06. The molecule has 0 spiro atoms. The molecule has 8 heteroatoms. The number of fused-ring (bicyclic) bond motifs is 1. The van der Waals surface area contributed by atoms with Gasteiger partial charge >= 0.3 is 6.18 Å². The number of carbonyl (C=O) groups is 1. The van der Waals surface area contributed by atoms with Crippen molar-refractivity contribution >= 4 is 11.7 Å². The molecule has 0 aromatic carbocycles. The quantitative estimate of drug-likeness (QED) is 0.838. The first-order valence-corrected chi connectivity index (χ1v) is 9.91. The average Bonchev–Trinajstić information content (AvgIpc) is 3.04. The zero-order chi connectivity index (χ0) is 19.8. The third kappa shape index (κ3) is 4.24. The van der Waals surface area contributed by atoms with Gasteiger partial charge in [0.05, 0.1) is 5.69 Å². The standard InChI is InChI=1S/C19H29F3N4O/c1-4-5-18(27)25-8-6-13(7-9-25)15-11-17-23-14(12(2)3)10-16(19(20,21)22)26(17)24-15/h11-14,16,23H,4-10H2,1-3H3/t14-,16+/m0/s1. The van der Waals surface area contributed by atoms with Crippen LogP contribution in [-0.4, -0.2) is 45.9 Å². The third-order valence-corrected chi connectivity index (χ3v) is 5.77. The Morgan fingerprint density at radius 1 is 1.33 bits per heavy atom. The molecule has 1 saturated heterocycles. The first kappa shape index (κ1) is 20.0. The smallest absolute Gasteiger partial charge is 0.367 e. The number of carbonyl (C=O) groups excluding carboxylic acids is 1. The van der Waals surface area contributed by atoms with Crippen LogP contribution in [0.15, 0.2) is 6.07 Å². The molecule has 0 bridgehead atoms. The summed E-state index contributed by atoms with van der Waals surface area (Å²) in [6, 6.07) is -0.0233. The molecule has 2 aliphatic rings. The van der Waals surface area contributed by atoms with Gasteiger partial charge in [-0.05, 0) is 31.6 Å². The van der Waals surface area contributed by atoms with E-state index in [0.29, 0.717) is 31.0 Å². The average molecular weight is 386 g/mol. The Morgan fingerprint density at radius 3 is 2.56 bits per heavy atom. The predicted octanol–water partition coefficient (Wildman–Crippen LogP) is 4.33. The fraction of sp³-hybridized carbons (Fsp3) is 0.789. The summed E-state index contributed by atoms with van der Waals surface area (Å²) in [6.07, 6.45) is -1.44. The molecule has 0 aliphatic carbocycles. The van der Waals surface area contributed by atoms with Crippen molar-refractivity contribution in [2.24, 2.45) is 5.92 Å². The lowest BCUT2D eigenvalue weighted by Crippen LogP contribution is -2.41. The Hall–Kier alpha value is -1.73. The van der Waals surface area contributed by atoms with Gasteiger partial charge in [0.2, 0.25) is 5.91 Å². The normalized spacial score (nSPS) is 24.0. The van der Waals surface area contributed by atoms with E-state index in [1.54, 1.807) is 6.07 Å². The van der Waals surface area contributed by atoms with Crippen molar-refractivity contribution in [1.29, 1.82) is 0 Å². The minimum absolute atomic E-state index is 0.000743.